The molecule has 1 aromatic rings. The van der Waals surface area contributed by atoms with Crippen molar-refractivity contribution in [2.24, 2.45) is 5.92 Å². The van der Waals surface area contributed by atoms with E-state index in [4.69, 9.17) is 16.3 Å². The second kappa shape index (κ2) is 6.14. The molecule has 110 valence electrons. The van der Waals surface area contributed by atoms with E-state index in [1.54, 1.807) is 0 Å². The van der Waals surface area contributed by atoms with E-state index in [1.807, 2.05) is 7.05 Å². The third kappa shape index (κ3) is 2.69. The molecule has 1 aromatic heterocycles. The smallest absolute Gasteiger partial charge is 0.157 e. The Morgan fingerprint density at radius 2 is 2.10 bits per heavy atom. The van der Waals surface area contributed by atoms with Crippen LogP contribution in [0.15, 0.2) is 6.33 Å². The van der Waals surface area contributed by atoms with Gasteiger partial charge in [0.05, 0.1) is 6.10 Å². The molecule has 0 spiro atoms. The number of anilines is 2. The fourth-order valence-electron chi connectivity index (χ4n) is 3.27. The van der Waals surface area contributed by atoms with Gasteiger partial charge in [-0.05, 0) is 31.6 Å². The lowest BCUT2D eigenvalue weighted by Crippen LogP contribution is -2.38. The highest BCUT2D eigenvalue weighted by atomic mass is 35.5. The van der Waals surface area contributed by atoms with Crippen LogP contribution >= 0.6 is 11.6 Å². The van der Waals surface area contributed by atoms with Gasteiger partial charge in [-0.1, -0.05) is 11.6 Å². The van der Waals surface area contributed by atoms with E-state index < -0.39 is 0 Å². The Labute approximate surface area is 124 Å². The maximum absolute atomic E-state index is 6.12. The Morgan fingerprint density at radius 3 is 2.75 bits per heavy atom. The van der Waals surface area contributed by atoms with Gasteiger partial charge in [0.1, 0.15) is 12.0 Å². The lowest BCUT2D eigenvalue weighted by Gasteiger charge is -2.35. The van der Waals surface area contributed by atoms with Gasteiger partial charge in [-0.2, -0.15) is 0 Å². The monoisotopic (exact) mass is 296 g/mol. The van der Waals surface area contributed by atoms with Crippen molar-refractivity contribution < 1.29 is 4.74 Å². The van der Waals surface area contributed by atoms with E-state index in [9.17, 15) is 0 Å². The molecule has 1 N–H and O–H groups in total. The predicted molar refractivity (Wildman–Crippen MR) is 80.5 cm³/mol. The van der Waals surface area contributed by atoms with Crippen LogP contribution in [0.1, 0.15) is 25.7 Å². The molecule has 20 heavy (non-hydrogen) atoms. The van der Waals surface area contributed by atoms with Crippen LogP contribution in [0, 0.1) is 5.92 Å². The molecule has 1 unspecified atom stereocenters. The quantitative estimate of drug-likeness (QED) is 0.869. The first-order chi connectivity index (χ1) is 9.79. The van der Waals surface area contributed by atoms with Crippen molar-refractivity contribution in [2.45, 2.75) is 31.8 Å². The molecule has 2 aliphatic rings. The highest BCUT2D eigenvalue weighted by Crippen LogP contribution is 2.34. The highest BCUT2D eigenvalue weighted by molar-refractivity contribution is 6.32. The van der Waals surface area contributed by atoms with Crippen LogP contribution in [0.4, 0.5) is 11.5 Å². The van der Waals surface area contributed by atoms with Crippen molar-refractivity contribution in [3.05, 3.63) is 11.5 Å². The summed E-state index contributed by atoms with van der Waals surface area (Å²) < 4.78 is 5.82. The number of hydrogen-bond donors (Lipinski definition) is 1. The number of piperidine rings is 1. The summed E-state index contributed by atoms with van der Waals surface area (Å²) in [5, 5.41) is 3.59. The van der Waals surface area contributed by atoms with Gasteiger partial charge in [-0.3, -0.25) is 0 Å². The molecule has 6 heteroatoms. The topological polar surface area (TPSA) is 50.3 Å². The SMILES string of the molecule is CNc1c(Cl)ncnc1N1CCC(C2CCCO2)CC1. The van der Waals surface area contributed by atoms with Crippen LogP contribution < -0.4 is 10.2 Å². The molecular formula is C14H21ClN4O. The first-order valence-electron chi connectivity index (χ1n) is 7.34. The van der Waals surface area contributed by atoms with Gasteiger partial charge in [-0.25, -0.2) is 9.97 Å². The zero-order chi connectivity index (χ0) is 13.9. The average molecular weight is 297 g/mol. The average Bonchev–Trinajstić information content (AvgIpc) is 3.01. The van der Waals surface area contributed by atoms with Crippen molar-refractivity contribution >= 4 is 23.1 Å². The Balaban J connectivity index is 1.67. The van der Waals surface area contributed by atoms with Crippen molar-refractivity contribution in [2.75, 3.05) is 37.0 Å². The Kier molecular flexibility index (Phi) is 4.27. The minimum atomic E-state index is 0.481. The van der Waals surface area contributed by atoms with Crippen LogP contribution in [0.5, 0.6) is 0 Å². The second-order valence-electron chi connectivity index (χ2n) is 5.49. The Bertz CT molecular complexity index is 456. The minimum Gasteiger partial charge on any atom is -0.383 e. The fourth-order valence-corrected chi connectivity index (χ4v) is 3.49. The summed E-state index contributed by atoms with van der Waals surface area (Å²) in [6.45, 7) is 2.95. The van der Waals surface area contributed by atoms with Gasteiger partial charge >= 0.3 is 0 Å². The van der Waals surface area contributed by atoms with Crippen LogP contribution in [-0.4, -0.2) is 42.8 Å². The molecular weight excluding hydrogens is 276 g/mol. The van der Waals surface area contributed by atoms with Gasteiger partial charge in [0.25, 0.3) is 0 Å². The first-order valence-corrected chi connectivity index (χ1v) is 7.72. The first kappa shape index (κ1) is 13.9. The van der Waals surface area contributed by atoms with E-state index in [0.29, 0.717) is 17.2 Å². The number of nitrogens with zero attached hydrogens (tertiary/aromatic N) is 3. The molecule has 0 bridgehead atoms. The van der Waals surface area contributed by atoms with Crippen LogP contribution in [-0.2, 0) is 4.74 Å². The molecule has 3 heterocycles. The van der Waals surface area contributed by atoms with Crippen molar-refractivity contribution in [1.29, 1.82) is 0 Å². The zero-order valence-corrected chi connectivity index (χ0v) is 12.6. The summed E-state index contributed by atoms with van der Waals surface area (Å²) >= 11 is 6.12. The van der Waals surface area contributed by atoms with Crippen LogP contribution in [0.2, 0.25) is 5.15 Å². The number of rotatable bonds is 3. The molecule has 0 amide bonds. The van der Waals surface area contributed by atoms with Gasteiger partial charge in [0, 0.05) is 26.7 Å². The summed E-state index contributed by atoms with van der Waals surface area (Å²) in [4.78, 5) is 10.7. The summed E-state index contributed by atoms with van der Waals surface area (Å²) in [5.41, 5.74) is 0.824. The lowest BCUT2D eigenvalue weighted by molar-refractivity contribution is 0.0531. The Hall–Kier alpha value is -1.07. The molecule has 0 saturated carbocycles. The van der Waals surface area contributed by atoms with Gasteiger partial charge in [0.15, 0.2) is 11.0 Å². The van der Waals surface area contributed by atoms with Gasteiger partial charge < -0.3 is 15.0 Å². The molecule has 5 nitrogen and oxygen atoms in total. The van der Waals surface area contributed by atoms with Crippen molar-refractivity contribution in [3.8, 4) is 0 Å². The second-order valence-corrected chi connectivity index (χ2v) is 5.85. The lowest BCUT2D eigenvalue weighted by atomic mass is 9.90. The molecule has 2 fully saturated rings. The van der Waals surface area contributed by atoms with E-state index in [2.05, 4.69) is 20.2 Å². The standard InChI is InChI=1S/C14H21ClN4O/c1-16-12-13(15)17-9-18-14(12)19-6-4-10(5-7-19)11-3-2-8-20-11/h9-11,16H,2-8H2,1H3. The zero-order valence-electron chi connectivity index (χ0n) is 11.8. The summed E-state index contributed by atoms with van der Waals surface area (Å²) in [5.74, 6) is 1.61. The van der Waals surface area contributed by atoms with E-state index in [0.717, 1.165) is 44.0 Å². The minimum absolute atomic E-state index is 0.481. The van der Waals surface area contributed by atoms with Crippen LogP contribution in [0.3, 0.4) is 0 Å². The number of ether oxygens (including phenoxy) is 1. The molecule has 0 aromatic carbocycles. The fraction of sp³-hybridized carbons (Fsp3) is 0.714. The van der Waals surface area contributed by atoms with E-state index in [-0.39, 0.29) is 0 Å². The third-order valence-corrected chi connectivity index (χ3v) is 4.65. The van der Waals surface area contributed by atoms with Crippen molar-refractivity contribution in [1.82, 2.24) is 9.97 Å². The predicted octanol–water partition coefficient (Wildman–Crippen LogP) is 2.57. The van der Waals surface area contributed by atoms with Crippen LogP contribution in [0.25, 0.3) is 0 Å². The normalized spacial score (nSPS) is 24.1. The maximum atomic E-state index is 6.12. The third-order valence-electron chi connectivity index (χ3n) is 4.36. The Morgan fingerprint density at radius 1 is 1.30 bits per heavy atom. The van der Waals surface area contributed by atoms with Gasteiger partial charge in [-0.15, -0.1) is 0 Å². The highest BCUT2D eigenvalue weighted by Gasteiger charge is 2.30. The molecule has 0 aliphatic carbocycles. The number of nitrogens with one attached hydrogen (secondary N) is 1. The summed E-state index contributed by atoms with van der Waals surface area (Å²) in [6, 6.07) is 0. The largest absolute Gasteiger partial charge is 0.383 e. The molecule has 0 radical (unpaired) electrons. The number of hydrogen-bond acceptors (Lipinski definition) is 5. The summed E-state index contributed by atoms with van der Waals surface area (Å²) in [7, 11) is 1.85. The van der Waals surface area contributed by atoms with Gasteiger partial charge in [0.2, 0.25) is 0 Å². The molecule has 1 atom stereocenters. The maximum Gasteiger partial charge on any atom is 0.157 e. The molecule has 2 saturated heterocycles. The summed E-state index contributed by atoms with van der Waals surface area (Å²) in [6.07, 6.45) is 6.78. The van der Waals surface area contributed by atoms with E-state index >= 15 is 0 Å². The number of aromatic nitrogens is 2. The molecule has 2 aliphatic heterocycles. The number of halogens is 1. The molecule has 3 rings (SSSR count). The van der Waals surface area contributed by atoms with E-state index in [1.165, 1.54) is 19.2 Å². The van der Waals surface area contributed by atoms with Crippen molar-refractivity contribution in [3.63, 3.8) is 0 Å².